The van der Waals surface area contributed by atoms with Gasteiger partial charge < -0.3 is 19.9 Å². The molecule has 0 heterocycles. The van der Waals surface area contributed by atoms with E-state index in [1.807, 2.05) is 24.3 Å². The third-order valence-corrected chi connectivity index (χ3v) is 4.12. The molecule has 2 rings (SSSR count). The maximum absolute atomic E-state index is 11.6. The van der Waals surface area contributed by atoms with E-state index in [2.05, 4.69) is 5.32 Å². The molecule has 2 aromatic rings. The predicted molar refractivity (Wildman–Crippen MR) is 102 cm³/mol. The summed E-state index contributed by atoms with van der Waals surface area (Å²) in [4.78, 5) is 22.1. The fourth-order valence-electron chi connectivity index (χ4n) is 2.39. The van der Waals surface area contributed by atoms with Gasteiger partial charge in [0.25, 0.3) is 0 Å². The maximum atomic E-state index is 11.6. The summed E-state index contributed by atoms with van der Waals surface area (Å²) in [5.74, 6) is 0.0761. The second-order valence-electron chi connectivity index (χ2n) is 5.88. The number of methoxy groups -OCH3 is 1. The molecule has 0 bridgehead atoms. The fourth-order valence-corrected chi connectivity index (χ4v) is 2.52. The van der Waals surface area contributed by atoms with Crippen molar-refractivity contribution in [2.45, 2.75) is 25.9 Å². The molecule has 0 atom stereocenters. The number of halogens is 1. The van der Waals surface area contributed by atoms with E-state index in [-0.39, 0.29) is 18.7 Å². The summed E-state index contributed by atoms with van der Waals surface area (Å²) >= 11 is 5.89. The SMILES string of the molecule is COc1ccc(CCNC(=O)CCC(=O)O)c(OCc2ccc(Cl)cc2)c1. The number of aliphatic carboxylic acids is 1. The molecule has 27 heavy (non-hydrogen) atoms. The number of carboxylic acid groups (broad SMARTS) is 1. The van der Waals surface area contributed by atoms with Crippen LogP contribution in [0.3, 0.4) is 0 Å². The van der Waals surface area contributed by atoms with Crippen molar-refractivity contribution in [3.05, 3.63) is 58.6 Å². The third kappa shape index (κ3) is 7.19. The van der Waals surface area contributed by atoms with Crippen molar-refractivity contribution in [1.82, 2.24) is 5.32 Å². The molecule has 2 aromatic carbocycles. The minimum Gasteiger partial charge on any atom is -0.497 e. The van der Waals surface area contributed by atoms with Crippen molar-refractivity contribution in [3.63, 3.8) is 0 Å². The molecule has 0 aromatic heterocycles. The molecule has 2 N–H and O–H groups in total. The van der Waals surface area contributed by atoms with Crippen LogP contribution in [-0.2, 0) is 22.6 Å². The van der Waals surface area contributed by atoms with Crippen LogP contribution in [0, 0.1) is 0 Å². The van der Waals surface area contributed by atoms with Gasteiger partial charge in [-0.2, -0.15) is 0 Å². The summed E-state index contributed by atoms with van der Waals surface area (Å²) in [6, 6.07) is 12.9. The van der Waals surface area contributed by atoms with Gasteiger partial charge in [-0.3, -0.25) is 9.59 Å². The maximum Gasteiger partial charge on any atom is 0.303 e. The minimum atomic E-state index is -0.988. The molecular weight excluding hydrogens is 370 g/mol. The zero-order valence-corrected chi connectivity index (χ0v) is 15.8. The van der Waals surface area contributed by atoms with Crippen molar-refractivity contribution in [1.29, 1.82) is 0 Å². The largest absolute Gasteiger partial charge is 0.497 e. The molecule has 0 unspecified atom stereocenters. The molecule has 144 valence electrons. The molecular formula is C20H22ClNO5. The van der Waals surface area contributed by atoms with Crippen LogP contribution in [0.25, 0.3) is 0 Å². The number of benzene rings is 2. The Morgan fingerprint density at radius 2 is 1.85 bits per heavy atom. The van der Waals surface area contributed by atoms with Gasteiger partial charge in [-0.1, -0.05) is 29.8 Å². The highest BCUT2D eigenvalue weighted by atomic mass is 35.5. The first kappa shape index (κ1) is 20.6. The van der Waals surface area contributed by atoms with Crippen LogP contribution in [-0.4, -0.2) is 30.6 Å². The number of carbonyl (C=O) groups is 2. The van der Waals surface area contributed by atoms with Crippen LogP contribution < -0.4 is 14.8 Å². The first-order chi connectivity index (χ1) is 13.0. The van der Waals surface area contributed by atoms with Crippen molar-refractivity contribution in [2.24, 2.45) is 0 Å². The Hall–Kier alpha value is -2.73. The lowest BCUT2D eigenvalue weighted by Gasteiger charge is -2.14. The van der Waals surface area contributed by atoms with E-state index < -0.39 is 5.97 Å². The van der Waals surface area contributed by atoms with E-state index in [9.17, 15) is 9.59 Å². The summed E-state index contributed by atoms with van der Waals surface area (Å²) in [6.07, 6.45) is 0.348. The Bertz CT molecular complexity index is 776. The first-order valence-electron chi connectivity index (χ1n) is 8.50. The van der Waals surface area contributed by atoms with Gasteiger partial charge in [0.2, 0.25) is 5.91 Å². The number of hydrogen-bond acceptors (Lipinski definition) is 4. The van der Waals surface area contributed by atoms with Crippen LogP contribution in [0.1, 0.15) is 24.0 Å². The Balaban J connectivity index is 1.95. The van der Waals surface area contributed by atoms with Crippen molar-refractivity contribution < 1.29 is 24.2 Å². The summed E-state index contributed by atoms with van der Waals surface area (Å²) in [5.41, 5.74) is 1.90. The number of nitrogens with one attached hydrogen (secondary N) is 1. The van der Waals surface area contributed by atoms with Crippen molar-refractivity contribution >= 4 is 23.5 Å². The molecule has 0 aliphatic rings. The first-order valence-corrected chi connectivity index (χ1v) is 8.88. The van der Waals surface area contributed by atoms with Gasteiger partial charge in [0, 0.05) is 24.1 Å². The summed E-state index contributed by atoms with van der Waals surface area (Å²) in [6.45, 7) is 0.768. The van der Waals surface area contributed by atoms with Crippen LogP contribution in [0.15, 0.2) is 42.5 Å². The Morgan fingerprint density at radius 3 is 2.52 bits per heavy atom. The second kappa shape index (κ2) is 10.4. The lowest BCUT2D eigenvalue weighted by atomic mass is 10.1. The van der Waals surface area contributed by atoms with Crippen LogP contribution in [0.5, 0.6) is 11.5 Å². The Morgan fingerprint density at radius 1 is 1.11 bits per heavy atom. The van der Waals surface area contributed by atoms with E-state index in [1.165, 1.54) is 0 Å². The fraction of sp³-hybridized carbons (Fsp3) is 0.300. The second-order valence-corrected chi connectivity index (χ2v) is 6.32. The van der Waals surface area contributed by atoms with E-state index in [4.69, 9.17) is 26.2 Å². The highest BCUT2D eigenvalue weighted by Crippen LogP contribution is 2.26. The lowest BCUT2D eigenvalue weighted by Crippen LogP contribution is -2.26. The molecule has 0 aliphatic heterocycles. The Labute approximate surface area is 163 Å². The van der Waals surface area contributed by atoms with Gasteiger partial charge in [0.05, 0.1) is 13.5 Å². The van der Waals surface area contributed by atoms with Gasteiger partial charge in [-0.25, -0.2) is 0 Å². The minimum absolute atomic E-state index is 0.0299. The van der Waals surface area contributed by atoms with Gasteiger partial charge >= 0.3 is 5.97 Å². The predicted octanol–water partition coefficient (Wildman–Crippen LogP) is 3.45. The van der Waals surface area contributed by atoms with E-state index in [0.29, 0.717) is 36.1 Å². The molecule has 1 amide bonds. The van der Waals surface area contributed by atoms with Gasteiger partial charge in [-0.15, -0.1) is 0 Å². The smallest absolute Gasteiger partial charge is 0.303 e. The summed E-state index contributed by atoms with van der Waals surface area (Å²) < 4.78 is 11.2. The molecule has 0 saturated carbocycles. The third-order valence-electron chi connectivity index (χ3n) is 3.86. The number of ether oxygens (including phenoxy) is 2. The van der Waals surface area contributed by atoms with E-state index >= 15 is 0 Å². The van der Waals surface area contributed by atoms with Crippen molar-refractivity contribution in [2.75, 3.05) is 13.7 Å². The molecule has 0 saturated heterocycles. The Kier molecular flexibility index (Phi) is 7.95. The quantitative estimate of drug-likeness (QED) is 0.648. The zero-order valence-electron chi connectivity index (χ0n) is 15.0. The number of amides is 1. The average Bonchev–Trinajstić information content (AvgIpc) is 2.66. The molecule has 0 aliphatic carbocycles. The topological polar surface area (TPSA) is 84.9 Å². The molecule has 7 heteroatoms. The van der Waals surface area contributed by atoms with Crippen LogP contribution >= 0.6 is 11.6 Å². The number of rotatable bonds is 10. The van der Waals surface area contributed by atoms with E-state index in [1.54, 1.807) is 25.3 Å². The van der Waals surface area contributed by atoms with Crippen molar-refractivity contribution in [3.8, 4) is 11.5 Å². The number of carbonyl (C=O) groups excluding carboxylic acids is 1. The lowest BCUT2D eigenvalue weighted by molar-refractivity contribution is -0.138. The normalized spacial score (nSPS) is 10.3. The average molecular weight is 392 g/mol. The summed E-state index contributed by atoms with van der Waals surface area (Å²) in [5, 5.41) is 12.0. The molecule has 0 fully saturated rings. The highest BCUT2D eigenvalue weighted by Gasteiger charge is 2.09. The standard InChI is InChI=1S/C20H22ClNO5/c1-26-17-7-4-15(10-11-22-19(23)8-9-20(24)25)18(12-17)27-13-14-2-5-16(21)6-3-14/h2-7,12H,8-11,13H2,1H3,(H,22,23)(H,24,25). The summed E-state index contributed by atoms with van der Waals surface area (Å²) in [7, 11) is 1.58. The van der Waals surface area contributed by atoms with Crippen LogP contribution in [0.4, 0.5) is 0 Å². The molecule has 0 radical (unpaired) electrons. The number of hydrogen-bond donors (Lipinski definition) is 2. The van der Waals surface area contributed by atoms with Crippen LogP contribution in [0.2, 0.25) is 5.02 Å². The van der Waals surface area contributed by atoms with Gasteiger partial charge in [0.1, 0.15) is 18.1 Å². The zero-order chi connectivity index (χ0) is 19.6. The van der Waals surface area contributed by atoms with Gasteiger partial charge in [-0.05, 0) is 35.7 Å². The highest BCUT2D eigenvalue weighted by molar-refractivity contribution is 6.30. The molecule has 6 nitrogen and oxygen atoms in total. The van der Waals surface area contributed by atoms with E-state index in [0.717, 1.165) is 11.1 Å². The number of carboxylic acids is 1. The molecule has 0 spiro atoms. The van der Waals surface area contributed by atoms with Gasteiger partial charge in [0.15, 0.2) is 0 Å². The monoisotopic (exact) mass is 391 g/mol.